The van der Waals surface area contributed by atoms with Crippen LogP contribution in [0, 0.1) is 0 Å². The van der Waals surface area contributed by atoms with E-state index >= 15 is 0 Å². The predicted molar refractivity (Wildman–Crippen MR) is 126 cm³/mol. The number of hydrogen-bond acceptors (Lipinski definition) is 1. The monoisotopic (exact) mass is 383 g/mol. The van der Waals surface area contributed by atoms with Gasteiger partial charge in [-0.05, 0) is 34.4 Å². The van der Waals surface area contributed by atoms with Gasteiger partial charge in [-0.25, -0.2) is 4.98 Å². The van der Waals surface area contributed by atoms with Gasteiger partial charge in [0.25, 0.3) is 0 Å². The summed E-state index contributed by atoms with van der Waals surface area (Å²) in [6.07, 6.45) is 0. The summed E-state index contributed by atoms with van der Waals surface area (Å²) in [7, 11) is 0. The van der Waals surface area contributed by atoms with Gasteiger partial charge in [-0.2, -0.15) is 0 Å². The second-order valence-electron chi connectivity index (χ2n) is 7.23. The molecule has 0 aliphatic carbocycles. The van der Waals surface area contributed by atoms with E-state index < -0.39 is 0 Å². The van der Waals surface area contributed by atoms with Crippen LogP contribution in [0.25, 0.3) is 44.8 Å². The van der Waals surface area contributed by atoms with Crippen LogP contribution in [0.2, 0.25) is 0 Å². The van der Waals surface area contributed by atoms with Gasteiger partial charge in [0.1, 0.15) is 0 Å². The summed E-state index contributed by atoms with van der Waals surface area (Å²) in [5.41, 5.74) is 9.08. The third kappa shape index (κ3) is 3.54. The standard InChI is InChI=1S/C29H21N/c1-3-12-22(13-4-1)24-16-7-8-17-25(24)26-18-9-10-19-27(26)29-21-11-20-28(30-29)23-14-5-2-6-15-23/h1-21H. The summed E-state index contributed by atoms with van der Waals surface area (Å²) in [5, 5.41) is 0. The van der Waals surface area contributed by atoms with E-state index in [1.807, 2.05) is 18.2 Å². The fraction of sp³-hybridized carbons (Fsp3) is 0. The number of nitrogens with zero attached hydrogens (tertiary/aromatic N) is 1. The van der Waals surface area contributed by atoms with Crippen molar-refractivity contribution in [3.8, 4) is 44.8 Å². The lowest BCUT2D eigenvalue weighted by Crippen LogP contribution is -1.92. The van der Waals surface area contributed by atoms with Crippen LogP contribution in [0.3, 0.4) is 0 Å². The highest BCUT2D eigenvalue weighted by Gasteiger charge is 2.13. The molecule has 0 bridgehead atoms. The van der Waals surface area contributed by atoms with E-state index in [-0.39, 0.29) is 0 Å². The minimum Gasteiger partial charge on any atom is -0.248 e. The Kier molecular flexibility index (Phi) is 4.93. The molecule has 4 aromatic carbocycles. The first-order chi connectivity index (χ1) is 14.9. The van der Waals surface area contributed by atoms with E-state index in [1.165, 1.54) is 22.3 Å². The highest BCUT2D eigenvalue weighted by Crippen LogP contribution is 2.37. The first-order valence-electron chi connectivity index (χ1n) is 10.2. The van der Waals surface area contributed by atoms with E-state index in [0.717, 1.165) is 22.5 Å². The van der Waals surface area contributed by atoms with Crippen molar-refractivity contribution >= 4 is 0 Å². The Labute approximate surface area is 177 Å². The summed E-state index contributed by atoms with van der Waals surface area (Å²) < 4.78 is 0. The molecule has 5 aromatic rings. The molecular weight excluding hydrogens is 362 g/mol. The Hall–Kier alpha value is -3.97. The minimum absolute atomic E-state index is 0.981. The van der Waals surface area contributed by atoms with Crippen molar-refractivity contribution < 1.29 is 0 Å². The van der Waals surface area contributed by atoms with Crippen molar-refractivity contribution in [2.75, 3.05) is 0 Å². The van der Waals surface area contributed by atoms with Crippen LogP contribution < -0.4 is 0 Å². The zero-order valence-electron chi connectivity index (χ0n) is 16.6. The molecule has 0 saturated carbocycles. The SMILES string of the molecule is c1ccc(-c2cccc(-c3ccccc3-c3ccccc3-c3ccccc3)n2)cc1. The third-order valence-corrected chi connectivity index (χ3v) is 5.32. The molecule has 0 atom stereocenters. The maximum atomic E-state index is 5.00. The quantitative estimate of drug-likeness (QED) is 0.309. The first-order valence-corrected chi connectivity index (χ1v) is 10.2. The van der Waals surface area contributed by atoms with Crippen LogP contribution in [0.15, 0.2) is 127 Å². The molecule has 1 heteroatoms. The fourth-order valence-corrected chi connectivity index (χ4v) is 3.88. The molecule has 0 aliphatic heterocycles. The molecule has 5 rings (SSSR count). The van der Waals surface area contributed by atoms with Gasteiger partial charge in [-0.3, -0.25) is 0 Å². The van der Waals surface area contributed by atoms with Crippen LogP contribution in [0.4, 0.5) is 0 Å². The second kappa shape index (κ2) is 8.18. The van der Waals surface area contributed by atoms with Crippen molar-refractivity contribution in [3.63, 3.8) is 0 Å². The molecule has 1 heterocycles. The summed E-state index contributed by atoms with van der Waals surface area (Å²) in [5.74, 6) is 0. The fourth-order valence-electron chi connectivity index (χ4n) is 3.88. The van der Waals surface area contributed by atoms with Crippen molar-refractivity contribution in [1.29, 1.82) is 0 Å². The predicted octanol–water partition coefficient (Wildman–Crippen LogP) is 7.75. The summed E-state index contributed by atoms with van der Waals surface area (Å²) >= 11 is 0. The van der Waals surface area contributed by atoms with Crippen molar-refractivity contribution in [2.45, 2.75) is 0 Å². The third-order valence-electron chi connectivity index (χ3n) is 5.32. The molecule has 0 N–H and O–H groups in total. The van der Waals surface area contributed by atoms with Gasteiger partial charge >= 0.3 is 0 Å². The van der Waals surface area contributed by atoms with E-state index in [2.05, 4.69) is 109 Å². The number of pyridine rings is 1. The van der Waals surface area contributed by atoms with Gasteiger partial charge < -0.3 is 0 Å². The molecule has 1 aromatic heterocycles. The van der Waals surface area contributed by atoms with Crippen molar-refractivity contribution in [2.24, 2.45) is 0 Å². The largest absolute Gasteiger partial charge is 0.248 e. The second-order valence-corrected chi connectivity index (χ2v) is 7.23. The summed E-state index contributed by atoms with van der Waals surface area (Å²) in [6, 6.07) is 44.3. The van der Waals surface area contributed by atoms with Gasteiger partial charge in [-0.15, -0.1) is 0 Å². The van der Waals surface area contributed by atoms with Gasteiger partial charge in [0, 0.05) is 11.1 Å². The van der Waals surface area contributed by atoms with Gasteiger partial charge in [0.2, 0.25) is 0 Å². The lowest BCUT2D eigenvalue weighted by Gasteiger charge is -2.15. The number of benzene rings is 4. The average Bonchev–Trinajstić information content (AvgIpc) is 2.85. The highest BCUT2D eigenvalue weighted by molar-refractivity contribution is 5.91. The lowest BCUT2D eigenvalue weighted by molar-refractivity contribution is 1.32. The number of aromatic nitrogens is 1. The van der Waals surface area contributed by atoms with E-state index in [9.17, 15) is 0 Å². The minimum atomic E-state index is 0.981. The highest BCUT2D eigenvalue weighted by atomic mass is 14.7. The molecule has 142 valence electrons. The molecule has 0 unspecified atom stereocenters. The van der Waals surface area contributed by atoms with Crippen LogP contribution >= 0.6 is 0 Å². The summed E-state index contributed by atoms with van der Waals surface area (Å²) in [6.45, 7) is 0. The van der Waals surface area contributed by atoms with E-state index in [4.69, 9.17) is 4.98 Å². The van der Waals surface area contributed by atoms with Gasteiger partial charge in [0.15, 0.2) is 0 Å². The van der Waals surface area contributed by atoms with Crippen LogP contribution in [0.1, 0.15) is 0 Å². The topological polar surface area (TPSA) is 12.9 Å². The van der Waals surface area contributed by atoms with Crippen molar-refractivity contribution in [3.05, 3.63) is 127 Å². The molecule has 30 heavy (non-hydrogen) atoms. The molecular formula is C29H21N. The van der Waals surface area contributed by atoms with Crippen molar-refractivity contribution in [1.82, 2.24) is 4.98 Å². The Morgan fingerprint density at radius 1 is 0.300 bits per heavy atom. The first kappa shape index (κ1) is 18.1. The Bertz CT molecular complexity index is 1270. The molecule has 0 saturated heterocycles. The molecule has 0 amide bonds. The molecule has 0 radical (unpaired) electrons. The number of hydrogen-bond donors (Lipinski definition) is 0. The number of rotatable bonds is 4. The normalized spacial score (nSPS) is 10.7. The zero-order valence-corrected chi connectivity index (χ0v) is 16.6. The van der Waals surface area contributed by atoms with Gasteiger partial charge in [-0.1, -0.05) is 115 Å². The smallest absolute Gasteiger partial charge is 0.0715 e. The Balaban J connectivity index is 1.66. The summed E-state index contributed by atoms with van der Waals surface area (Å²) in [4.78, 5) is 5.00. The van der Waals surface area contributed by atoms with Crippen LogP contribution in [0.5, 0.6) is 0 Å². The van der Waals surface area contributed by atoms with E-state index in [0.29, 0.717) is 0 Å². The Morgan fingerprint density at radius 2 is 0.767 bits per heavy atom. The Morgan fingerprint density at radius 3 is 1.43 bits per heavy atom. The average molecular weight is 383 g/mol. The van der Waals surface area contributed by atoms with Crippen LogP contribution in [-0.2, 0) is 0 Å². The van der Waals surface area contributed by atoms with Crippen LogP contribution in [-0.4, -0.2) is 4.98 Å². The zero-order chi connectivity index (χ0) is 20.2. The molecule has 0 fully saturated rings. The van der Waals surface area contributed by atoms with E-state index in [1.54, 1.807) is 0 Å². The molecule has 0 spiro atoms. The maximum absolute atomic E-state index is 5.00. The maximum Gasteiger partial charge on any atom is 0.0715 e. The van der Waals surface area contributed by atoms with Gasteiger partial charge in [0.05, 0.1) is 11.4 Å². The molecule has 1 nitrogen and oxygen atoms in total. The molecule has 0 aliphatic rings. The lowest BCUT2D eigenvalue weighted by atomic mass is 9.90.